The number of halogens is 1. The summed E-state index contributed by atoms with van der Waals surface area (Å²) in [5.41, 5.74) is 8.63. The summed E-state index contributed by atoms with van der Waals surface area (Å²) >= 11 is 0. The van der Waals surface area contributed by atoms with Gasteiger partial charge in [-0.1, -0.05) is 12.1 Å². The number of hydrogen-bond acceptors (Lipinski definition) is 3. The van der Waals surface area contributed by atoms with Gasteiger partial charge in [0.2, 0.25) is 5.91 Å². The molecular formula is C16H18FN3O. The zero-order valence-corrected chi connectivity index (χ0v) is 12.1. The van der Waals surface area contributed by atoms with Crippen molar-refractivity contribution < 1.29 is 9.18 Å². The number of rotatable bonds is 4. The molecule has 0 aromatic heterocycles. The van der Waals surface area contributed by atoms with Crippen LogP contribution in [0.3, 0.4) is 0 Å². The molecule has 3 N–H and O–H groups in total. The summed E-state index contributed by atoms with van der Waals surface area (Å²) in [4.78, 5) is 13.7. The highest BCUT2D eigenvalue weighted by Gasteiger charge is 2.10. The summed E-state index contributed by atoms with van der Waals surface area (Å²) in [6.07, 6.45) is 0. The average Bonchev–Trinajstić information content (AvgIpc) is 2.42. The highest BCUT2D eigenvalue weighted by Crippen LogP contribution is 2.19. The first-order valence-electron chi connectivity index (χ1n) is 6.58. The van der Waals surface area contributed by atoms with Gasteiger partial charge in [-0.3, -0.25) is 4.79 Å². The topological polar surface area (TPSA) is 58.4 Å². The molecule has 0 fully saturated rings. The van der Waals surface area contributed by atoms with Crippen molar-refractivity contribution in [2.24, 2.45) is 0 Å². The largest absolute Gasteiger partial charge is 0.397 e. The van der Waals surface area contributed by atoms with Gasteiger partial charge in [-0.15, -0.1) is 0 Å². The number of amides is 1. The molecule has 1 amide bonds. The molecule has 110 valence electrons. The molecule has 0 unspecified atom stereocenters. The van der Waals surface area contributed by atoms with E-state index >= 15 is 0 Å². The van der Waals surface area contributed by atoms with Crippen molar-refractivity contribution in [1.82, 2.24) is 0 Å². The van der Waals surface area contributed by atoms with E-state index in [0.29, 0.717) is 17.1 Å². The van der Waals surface area contributed by atoms with Gasteiger partial charge in [0.1, 0.15) is 5.82 Å². The van der Waals surface area contributed by atoms with Crippen LogP contribution in [0, 0.1) is 12.7 Å². The van der Waals surface area contributed by atoms with Crippen molar-refractivity contribution in [3.05, 3.63) is 53.8 Å². The van der Waals surface area contributed by atoms with E-state index in [0.717, 1.165) is 5.56 Å². The van der Waals surface area contributed by atoms with Gasteiger partial charge >= 0.3 is 0 Å². The van der Waals surface area contributed by atoms with Gasteiger partial charge in [0.25, 0.3) is 0 Å². The lowest BCUT2D eigenvalue weighted by Gasteiger charge is -2.19. The number of carbonyl (C=O) groups is 1. The van der Waals surface area contributed by atoms with Gasteiger partial charge in [0.15, 0.2) is 0 Å². The molecule has 0 saturated carbocycles. The Kier molecular flexibility index (Phi) is 4.42. The molecule has 0 aliphatic carbocycles. The summed E-state index contributed by atoms with van der Waals surface area (Å²) in [5.74, 6) is -0.542. The van der Waals surface area contributed by atoms with Crippen molar-refractivity contribution >= 4 is 23.0 Å². The van der Waals surface area contributed by atoms with Crippen molar-refractivity contribution in [2.45, 2.75) is 6.92 Å². The third kappa shape index (κ3) is 3.95. The first kappa shape index (κ1) is 14.8. The Bertz CT molecular complexity index is 658. The maximum Gasteiger partial charge on any atom is 0.243 e. The average molecular weight is 287 g/mol. The molecule has 2 rings (SSSR count). The molecule has 0 spiro atoms. The van der Waals surface area contributed by atoms with Gasteiger partial charge < -0.3 is 16.0 Å². The van der Waals surface area contributed by atoms with Crippen LogP contribution in [0.15, 0.2) is 42.5 Å². The zero-order chi connectivity index (χ0) is 15.4. The smallest absolute Gasteiger partial charge is 0.243 e. The number of anilines is 3. The van der Waals surface area contributed by atoms with E-state index in [4.69, 9.17) is 5.73 Å². The fourth-order valence-corrected chi connectivity index (χ4v) is 2.01. The van der Waals surface area contributed by atoms with E-state index in [1.54, 1.807) is 36.2 Å². The highest BCUT2D eigenvalue weighted by atomic mass is 19.1. The summed E-state index contributed by atoms with van der Waals surface area (Å²) in [5, 5.41) is 2.75. The SMILES string of the molecule is Cc1ccc(NC(=O)CN(C)c2cccc(F)c2)c(N)c1. The molecule has 0 radical (unpaired) electrons. The first-order valence-corrected chi connectivity index (χ1v) is 6.58. The van der Waals surface area contributed by atoms with Gasteiger partial charge in [0.05, 0.1) is 17.9 Å². The third-order valence-corrected chi connectivity index (χ3v) is 3.11. The molecule has 0 heterocycles. The van der Waals surface area contributed by atoms with Crippen molar-refractivity contribution in [3.63, 3.8) is 0 Å². The van der Waals surface area contributed by atoms with E-state index in [1.165, 1.54) is 12.1 Å². The minimum Gasteiger partial charge on any atom is -0.397 e. The van der Waals surface area contributed by atoms with Crippen LogP contribution < -0.4 is 16.0 Å². The Labute approximate surface area is 123 Å². The maximum atomic E-state index is 13.2. The number of aryl methyl sites for hydroxylation is 1. The van der Waals surface area contributed by atoms with Crippen LogP contribution in [-0.2, 0) is 4.79 Å². The summed E-state index contributed by atoms with van der Waals surface area (Å²) in [6.45, 7) is 2.04. The molecule has 2 aromatic carbocycles. The number of nitrogens with two attached hydrogens (primary N) is 1. The molecule has 0 aliphatic heterocycles. The number of nitrogens with zero attached hydrogens (tertiary/aromatic N) is 1. The van der Waals surface area contributed by atoms with Crippen molar-refractivity contribution in [3.8, 4) is 0 Å². The van der Waals surface area contributed by atoms with Crippen LogP contribution in [0.5, 0.6) is 0 Å². The van der Waals surface area contributed by atoms with Crippen LogP contribution >= 0.6 is 0 Å². The van der Waals surface area contributed by atoms with Crippen LogP contribution in [-0.4, -0.2) is 19.5 Å². The molecule has 5 heteroatoms. The normalized spacial score (nSPS) is 10.2. The van der Waals surface area contributed by atoms with Gasteiger partial charge in [0, 0.05) is 12.7 Å². The van der Waals surface area contributed by atoms with E-state index in [1.807, 2.05) is 13.0 Å². The quantitative estimate of drug-likeness (QED) is 0.850. The predicted octanol–water partition coefficient (Wildman–Crippen LogP) is 2.79. The van der Waals surface area contributed by atoms with Crippen molar-refractivity contribution in [1.29, 1.82) is 0 Å². The Morgan fingerprint density at radius 3 is 2.71 bits per heavy atom. The van der Waals surface area contributed by atoms with Crippen LogP contribution in [0.4, 0.5) is 21.5 Å². The summed E-state index contributed by atoms with van der Waals surface area (Å²) < 4.78 is 13.2. The first-order chi connectivity index (χ1) is 9.95. The number of benzene rings is 2. The Morgan fingerprint density at radius 1 is 1.29 bits per heavy atom. The molecular weight excluding hydrogens is 269 g/mol. The fraction of sp³-hybridized carbons (Fsp3) is 0.188. The standard InChI is InChI=1S/C16H18FN3O/c1-11-6-7-15(14(18)8-11)19-16(21)10-20(2)13-5-3-4-12(17)9-13/h3-9H,10,18H2,1-2H3,(H,19,21). The maximum absolute atomic E-state index is 13.2. The Balaban J connectivity index is 2.01. The number of carbonyl (C=O) groups excluding carboxylic acids is 1. The lowest BCUT2D eigenvalue weighted by atomic mass is 10.2. The van der Waals surface area contributed by atoms with Crippen LogP contribution in [0.25, 0.3) is 0 Å². The predicted molar refractivity (Wildman–Crippen MR) is 83.9 cm³/mol. The second-order valence-corrected chi connectivity index (χ2v) is 4.97. The van der Waals surface area contributed by atoms with Gasteiger partial charge in [-0.25, -0.2) is 4.39 Å². The molecule has 4 nitrogen and oxygen atoms in total. The minimum absolute atomic E-state index is 0.108. The zero-order valence-electron chi connectivity index (χ0n) is 12.1. The summed E-state index contributed by atoms with van der Waals surface area (Å²) in [7, 11) is 1.73. The molecule has 21 heavy (non-hydrogen) atoms. The highest BCUT2D eigenvalue weighted by molar-refractivity contribution is 5.96. The summed E-state index contributed by atoms with van der Waals surface area (Å²) in [6, 6.07) is 11.5. The number of nitrogens with one attached hydrogen (secondary N) is 1. The van der Waals surface area contributed by atoms with E-state index < -0.39 is 0 Å². The van der Waals surface area contributed by atoms with Crippen molar-refractivity contribution in [2.75, 3.05) is 29.5 Å². The van der Waals surface area contributed by atoms with Crippen LogP contribution in [0.2, 0.25) is 0 Å². The minimum atomic E-state index is -0.331. The number of hydrogen-bond donors (Lipinski definition) is 2. The number of likely N-dealkylation sites (N-methyl/N-ethyl adjacent to an activating group) is 1. The molecule has 0 aliphatic rings. The molecule has 0 saturated heterocycles. The lowest BCUT2D eigenvalue weighted by molar-refractivity contribution is -0.114. The molecule has 2 aromatic rings. The number of nitrogen functional groups attached to an aromatic ring is 1. The Hall–Kier alpha value is -2.56. The van der Waals surface area contributed by atoms with Crippen LogP contribution in [0.1, 0.15) is 5.56 Å². The fourth-order valence-electron chi connectivity index (χ4n) is 2.01. The lowest BCUT2D eigenvalue weighted by Crippen LogP contribution is -2.30. The van der Waals surface area contributed by atoms with Gasteiger partial charge in [-0.2, -0.15) is 0 Å². The Morgan fingerprint density at radius 2 is 2.05 bits per heavy atom. The van der Waals surface area contributed by atoms with E-state index in [-0.39, 0.29) is 18.3 Å². The van der Waals surface area contributed by atoms with E-state index in [2.05, 4.69) is 5.32 Å². The molecule has 0 bridgehead atoms. The third-order valence-electron chi connectivity index (χ3n) is 3.11. The monoisotopic (exact) mass is 287 g/mol. The second kappa shape index (κ2) is 6.26. The van der Waals surface area contributed by atoms with E-state index in [9.17, 15) is 9.18 Å². The molecule has 0 atom stereocenters. The van der Waals surface area contributed by atoms with Gasteiger partial charge in [-0.05, 0) is 42.8 Å². The second-order valence-electron chi connectivity index (χ2n) is 4.97.